The van der Waals surface area contributed by atoms with Gasteiger partial charge in [-0.05, 0) is 12.1 Å². The molecule has 0 aromatic heterocycles. The van der Waals surface area contributed by atoms with Crippen LogP contribution in [0.5, 0.6) is 5.75 Å². The number of carbonyl (C=O) groups excluding carboxylic acids is 1. The third-order valence-electron chi connectivity index (χ3n) is 3.09. The Balaban J connectivity index is 2.20. The quantitative estimate of drug-likeness (QED) is 0.790. The van der Waals surface area contributed by atoms with Gasteiger partial charge in [-0.2, -0.15) is 0 Å². The number of hydrogen-bond donors (Lipinski definition) is 0. The highest BCUT2D eigenvalue weighted by Crippen LogP contribution is 2.34. The lowest BCUT2D eigenvalue weighted by molar-refractivity contribution is -0.117. The molecule has 1 aliphatic heterocycles. The van der Waals surface area contributed by atoms with Gasteiger partial charge < -0.3 is 9.64 Å². The monoisotopic (exact) mass is 337 g/mol. The van der Waals surface area contributed by atoms with Crippen molar-refractivity contribution in [2.45, 2.75) is 6.42 Å². The molecule has 110 valence electrons. The Bertz CT molecular complexity index is 632. The van der Waals surface area contributed by atoms with Gasteiger partial charge in [-0.25, -0.2) is 8.42 Å². The fourth-order valence-electron chi connectivity index (χ4n) is 2.24. The highest BCUT2D eigenvalue weighted by Gasteiger charge is 2.34. The zero-order chi connectivity index (χ0) is 14.9. The van der Waals surface area contributed by atoms with Crippen molar-refractivity contribution in [3.05, 3.63) is 23.2 Å². The first-order valence-electron chi connectivity index (χ1n) is 5.86. The van der Waals surface area contributed by atoms with Crippen molar-refractivity contribution in [2.24, 2.45) is 5.92 Å². The molecule has 0 N–H and O–H groups in total. The summed E-state index contributed by atoms with van der Waals surface area (Å²) in [6.07, 6.45) is 0.147. The van der Waals surface area contributed by atoms with Crippen molar-refractivity contribution < 1.29 is 17.9 Å². The molecule has 0 radical (unpaired) electrons. The smallest absolute Gasteiger partial charge is 0.232 e. The number of carbonyl (C=O) groups is 1. The van der Waals surface area contributed by atoms with Crippen LogP contribution in [0.2, 0.25) is 5.02 Å². The standard InChI is InChI=1S/C12H13Cl2NO4S/c1-19-9-2-3-11(10(13)5-9)15-6-8(4-12(15)16)7-20(14,17)18/h2-3,5,8H,4,6-7H2,1H3. The Morgan fingerprint density at radius 2 is 2.15 bits per heavy atom. The van der Waals surface area contributed by atoms with E-state index in [2.05, 4.69) is 0 Å². The normalized spacial score (nSPS) is 19.4. The maximum Gasteiger partial charge on any atom is 0.232 e. The van der Waals surface area contributed by atoms with E-state index < -0.39 is 9.05 Å². The summed E-state index contributed by atoms with van der Waals surface area (Å²) in [4.78, 5) is 13.5. The second-order valence-corrected chi connectivity index (χ2v) is 7.83. The number of halogens is 2. The van der Waals surface area contributed by atoms with E-state index in [-0.39, 0.29) is 30.5 Å². The number of amides is 1. The van der Waals surface area contributed by atoms with Crippen LogP contribution in [-0.2, 0) is 13.8 Å². The Kier molecular flexibility index (Phi) is 4.46. The number of rotatable bonds is 4. The molecule has 1 fully saturated rings. The van der Waals surface area contributed by atoms with Gasteiger partial charge in [0, 0.05) is 35.6 Å². The van der Waals surface area contributed by atoms with Gasteiger partial charge in [0.1, 0.15) is 5.75 Å². The molecule has 1 saturated heterocycles. The predicted molar refractivity (Wildman–Crippen MR) is 78.1 cm³/mol. The van der Waals surface area contributed by atoms with Crippen molar-refractivity contribution in [1.29, 1.82) is 0 Å². The third kappa shape index (κ3) is 3.56. The summed E-state index contributed by atoms with van der Waals surface area (Å²) in [6, 6.07) is 4.98. The number of anilines is 1. The van der Waals surface area contributed by atoms with E-state index in [0.717, 1.165) is 0 Å². The second-order valence-electron chi connectivity index (χ2n) is 4.60. The SMILES string of the molecule is COc1ccc(N2CC(CS(=O)(=O)Cl)CC2=O)c(Cl)c1. The molecule has 0 saturated carbocycles. The van der Waals surface area contributed by atoms with Crippen LogP contribution in [0.4, 0.5) is 5.69 Å². The molecular formula is C12H13Cl2NO4S. The van der Waals surface area contributed by atoms with E-state index in [9.17, 15) is 13.2 Å². The lowest BCUT2D eigenvalue weighted by Crippen LogP contribution is -2.25. The minimum absolute atomic E-state index is 0.147. The summed E-state index contributed by atoms with van der Waals surface area (Å²) in [5.74, 6) is -0.110. The lowest BCUT2D eigenvalue weighted by Gasteiger charge is -2.18. The average Bonchev–Trinajstić information content (AvgIpc) is 2.67. The van der Waals surface area contributed by atoms with Crippen molar-refractivity contribution in [3.8, 4) is 5.75 Å². The van der Waals surface area contributed by atoms with Crippen molar-refractivity contribution in [2.75, 3.05) is 24.3 Å². The maximum atomic E-state index is 12.0. The van der Waals surface area contributed by atoms with E-state index >= 15 is 0 Å². The first-order valence-corrected chi connectivity index (χ1v) is 8.72. The molecule has 0 bridgehead atoms. The fourth-order valence-corrected chi connectivity index (χ4v) is 3.83. The highest BCUT2D eigenvalue weighted by molar-refractivity contribution is 8.13. The van der Waals surface area contributed by atoms with Crippen LogP contribution in [-0.4, -0.2) is 33.7 Å². The number of nitrogens with zero attached hydrogens (tertiary/aromatic N) is 1. The molecule has 8 heteroatoms. The van der Waals surface area contributed by atoms with E-state index in [4.69, 9.17) is 27.0 Å². The number of methoxy groups -OCH3 is 1. The fraction of sp³-hybridized carbons (Fsp3) is 0.417. The summed E-state index contributed by atoms with van der Waals surface area (Å²) < 4.78 is 27.2. The van der Waals surface area contributed by atoms with Crippen LogP contribution in [0, 0.1) is 5.92 Å². The van der Waals surface area contributed by atoms with Crippen LogP contribution < -0.4 is 9.64 Å². The van der Waals surface area contributed by atoms with Gasteiger partial charge in [0.15, 0.2) is 0 Å². The van der Waals surface area contributed by atoms with Crippen LogP contribution in [0.3, 0.4) is 0 Å². The van der Waals surface area contributed by atoms with Crippen molar-refractivity contribution in [3.63, 3.8) is 0 Å². The zero-order valence-corrected chi connectivity index (χ0v) is 13.0. The van der Waals surface area contributed by atoms with Gasteiger partial charge in [0.2, 0.25) is 15.0 Å². The lowest BCUT2D eigenvalue weighted by atomic mass is 10.1. The summed E-state index contributed by atoms with van der Waals surface area (Å²) in [7, 11) is 3.13. The molecule has 0 aliphatic carbocycles. The summed E-state index contributed by atoms with van der Waals surface area (Å²) in [6.45, 7) is 0.289. The predicted octanol–water partition coefficient (Wildman–Crippen LogP) is 2.27. The first-order chi connectivity index (χ1) is 9.30. The minimum Gasteiger partial charge on any atom is -0.497 e. The molecule has 1 atom stereocenters. The van der Waals surface area contributed by atoms with Crippen LogP contribution >= 0.6 is 22.3 Å². The largest absolute Gasteiger partial charge is 0.497 e. The van der Waals surface area contributed by atoms with Crippen molar-refractivity contribution >= 4 is 42.9 Å². The first kappa shape index (κ1) is 15.4. The topological polar surface area (TPSA) is 63.7 Å². The molecule has 1 unspecified atom stereocenters. The van der Waals surface area contributed by atoms with E-state index in [1.165, 1.54) is 12.0 Å². The molecule has 1 aliphatic rings. The molecule has 1 aromatic carbocycles. The summed E-state index contributed by atoms with van der Waals surface area (Å²) >= 11 is 6.12. The second kappa shape index (κ2) is 5.79. The molecular weight excluding hydrogens is 325 g/mol. The molecule has 0 spiro atoms. The Morgan fingerprint density at radius 3 is 2.70 bits per heavy atom. The van der Waals surface area contributed by atoms with E-state index in [1.54, 1.807) is 18.2 Å². The Hall–Kier alpha value is -0.980. The molecule has 2 rings (SSSR count). The van der Waals surface area contributed by atoms with Gasteiger partial charge in [-0.15, -0.1) is 0 Å². The number of ether oxygens (including phenoxy) is 1. The maximum absolute atomic E-state index is 12.0. The van der Waals surface area contributed by atoms with Crippen LogP contribution in [0.25, 0.3) is 0 Å². The van der Waals surface area contributed by atoms with Gasteiger partial charge >= 0.3 is 0 Å². The van der Waals surface area contributed by atoms with E-state index in [1.807, 2.05) is 0 Å². The van der Waals surface area contributed by atoms with E-state index in [0.29, 0.717) is 16.5 Å². The Morgan fingerprint density at radius 1 is 1.45 bits per heavy atom. The molecule has 1 heterocycles. The minimum atomic E-state index is -3.62. The van der Waals surface area contributed by atoms with Crippen molar-refractivity contribution in [1.82, 2.24) is 0 Å². The molecule has 5 nitrogen and oxygen atoms in total. The van der Waals surface area contributed by atoms with Gasteiger partial charge in [0.25, 0.3) is 0 Å². The molecule has 1 amide bonds. The van der Waals surface area contributed by atoms with Gasteiger partial charge in [-0.3, -0.25) is 4.79 Å². The molecule has 1 aromatic rings. The van der Waals surface area contributed by atoms with Crippen LogP contribution in [0.1, 0.15) is 6.42 Å². The summed E-state index contributed by atoms with van der Waals surface area (Å²) in [5.41, 5.74) is 0.548. The highest BCUT2D eigenvalue weighted by atomic mass is 35.7. The average molecular weight is 338 g/mol. The number of hydrogen-bond acceptors (Lipinski definition) is 4. The zero-order valence-electron chi connectivity index (χ0n) is 10.7. The third-order valence-corrected chi connectivity index (χ3v) is 4.64. The van der Waals surface area contributed by atoms with Gasteiger partial charge in [0.05, 0.1) is 23.6 Å². The Labute approximate surface area is 126 Å². The number of benzene rings is 1. The van der Waals surface area contributed by atoms with Gasteiger partial charge in [-0.1, -0.05) is 11.6 Å². The summed E-state index contributed by atoms with van der Waals surface area (Å²) in [5, 5.41) is 0.382. The molecule has 20 heavy (non-hydrogen) atoms. The van der Waals surface area contributed by atoms with Crippen LogP contribution in [0.15, 0.2) is 18.2 Å².